The zero-order chi connectivity index (χ0) is 19.3. The van der Waals surface area contributed by atoms with Crippen LogP contribution in [0.25, 0.3) is 0 Å². The second-order valence-electron chi connectivity index (χ2n) is 7.17. The summed E-state index contributed by atoms with van der Waals surface area (Å²) in [5.74, 6) is -0.229. The molecule has 1 aliphatic carbocycles. The van der Waals surface area contributed by atoms with Gasteiger partial charge in [0.2, 0.25) is 10.0 Å². The first-order valence-electron chi connectivity index (χ1n) is 9.50. The summed E-state index contributed by atoms with van der Waals surface area (Å²) in [6, 6.07) is 6.21. The summed E-state index contributed by atoms with van der Waals surface area (Å²) in [4.78, 5) is 23.9. The number of benzene rings is 1. The van der Waals surface area contributed by atoms with Crippen LogP contribution in [0.5, 0.6) is 0 Å². The maximum Gasteiger partial charge on any atom is 0.338 e. The fraction of sp³-hybridized carbons (Fsp3) is 0.579. The first-order valence-corrected chi connectivity index (χ1v) is 11.1. The van der Waals surface area contributed by atoms with Crippen LogP contribution in [0.2, 0.25) is 0 Å². The molecule has 2 fully saturated rings. The summed E-state index contributed by atoms with van der Waals surface area (Å²) < 4.78 is 30.2. The molecule has 2 aliphatic rings. The van der Waals surface area contributed by atoms with Crippen LogP contribution in [0.1, 0.15) is 48.9 Å². The highest BCUT2D eigenvalue weighted by molar-refractivity contribution is 7.93. The number of amides is 1. The molecule has 27 heavy (non-hydrogen) atoms. The number of carbonyl (C=O) groups is 2. The lowest BCUT2D eigenvalue weighted by molar-refractivity contribution is -0.124. The number of sulfonamides is 1. The molecule has 1 aromatic carbocycles. The maximum absolute atomic E-state index is 12.1. The Bertz CT molecular complexity index is 770. The Morgan fingerprint density at radius 2 is 1.78 bits per heavy atom. The molecule has 0 spiro atoms. The molecular formula is C19H26N2O5S. The average molecular weight is 394 g/mol. The molecule has 1 amide bonds. The number of anilines is 1. The van der Waals surface area contributed by atoms with Crippen molar-refractivity contribution in [2.24, 2.45) is 5.92 Å². The first-order chi connectivity index (χ1) is 13.0. The largest absolute Gasteiger partial charge is 0.452 e. The molecule has 0 atom stereocenters. The lowest BCUT2D eigenvalue weighted by atomic mass is 9.89. The highest BCUT2D eigenvalue weighted by atomic mass is 32.2. The highest BCUT2D eigenvalue weighted by Gasteiger charge is 2.28. The topological polar surface area (TPSA) is 92.8 Å². The smallest absolute Gasteiger partial charge is 0.338 e. The standard InChI is InChI=1S/C19H26N2O5S/c22-18(20-13-15-5-2-1-3-6-15)14-26-19(23)16-7-9-17(10-8-16)21-11-4-12-27(21,24)25/h7-10,15H,1-6,11-14H2,(H,20,22). The van der Waals surface area contributed by atoms with E-state index < -0.39 is 16.0 Å². The van der Waals surface area contributed by atoms with Gasteiger partial charge in [-0.2, -0.15) is 0 Å². The molecule has 1 saturated carbocycles. The summed E-state index contributed by atoms with van der Waals surface area (Å²) in [5, 5.41) is 2.82. The molecule has 148 valence electrons. The number of nitrogens with one attached hydrogen (secondary N) is 1. The predicted molar refractivity (Wildman–Crippen MR) is 102 cm³/mol. The van der Waals surface area contributed by atoms with Crippen molar-refractivity contribution in [2.45, 2.75) is 38.5 Å². The minimum atomic E-state index is -3.25. The predicted octanol–water partition coefficient (Wildman–Crippen LogP) is 2.08. The number of hydrogen-bond donors (Lipinski definition) is 1. The normalized spacial score (nSPS) is 19.6. The van der Waals surface area contributed by atoms with Crippen molar-refractivity contribution in [3.63, 3.8) is 0 Å². The second kappa shape index (κ2) is 8.73. The van der Waals surface area contributed by atoms with Crippen LogP contribution in [-0.2, 0) is 19.6 Å². The Morgan fingerprint density at radius 1 is 1.07 bits per heavy atom. The van der Waals surface area contributed by atoms with Gasteiger partial charge in [-0.05, 0) is 49.4 Å². The van der Waals surface area contributed by atoms with Crippen LogP contribution in [0.15, 0.2) is 24.3 Å². The molecule has 0 unspecified atom stereocenters. The van der Waals surface area contributed by atoms with Gasteiger partial charge in [-0.15, -0.1) is 0 Å². The van der Waals surface area contributed by atoms with Gasteiger partial charge in [0.15, 0.2) is 6.61 Å². The lowest BCUT2D eigenvalue weighted by Crippen LogP contribution is -2.33. The Balaban J connectivity index is 1.45. The van der Waals surface area contributed by atoms with Gasteiger partial charge < -0.3 is 10.1 Å². The zero-order valence-corrected chi connectivity index (χ0v) is 16.2. The van der Waals surface area contributed by atoms with E-state index in [1.165, 1.54) is 35.7 Å². The Kier molecular flexibility index (Phi) is 6.36. The van der Waals surface area contributed by atoms with E-state index in [2.05, 4.69) is 5.32 Å². The number of esters is 1. The van der Waals surface area contributed by atoms with Gasteiger partial charge in [-0.1, -0.05) is 19.3 Å². The fourth-order valence-electron chi connectivity index (χ4n) is 3.61. The molecule has 1 aromatic rings. The highest BCUT2D eigenvalue weighted by Crippen LogP contribution is 2.24. The molecule has 0 radical (unpaired) electrons. The molecular weight excluding hydrogens is 368 g/mol. The zero-order valence-electron chi connectivity index (χ0n) is 15.4. The third kappa shape index (κ3) is 5.22. The van der Waals surface area contributed by atoms with Crippen LogP contribution < -0.4 is 9.62 Å². The van der Waals surface area contributed by atoms with Crippen molar-refractivity contribution in [1.29, 1.82) is 0 Å². The monoisotopic (exact) mass is 394 g/mol. The number of hydrogen-bond acceptors (Lipinski definition) is 5. The van der Waals surface area contributed by atoms with E-state index in [1.807, 2.05) is 0 Å². The van der Waals surface area contributed by atoms with Crippen LogP contribution in [0.4, 0.5) is 5.69 Å². The molecule has 1 aliphatic heterocycles. The molecule has 7 nitrogen and oxygen atoms in total. The second-order valence-corrected chi connectivity index (χ2v) is 9.19. The van der Waals surface area contributed by atoms with E-state index >= 15 is 0 Å². The molecule has 0 bridgehead atoms. The third-order valence-electron chi connectivity index (χ3n) is 5.14. The van der Waals surface area contributed by atoms with Crippen molar-refractivity contribution in [2.75, 3.05) is 29.8 Å². The number of carbonyl (C=O) groups excluding carboxylic acids is 2. The van der Waals surface area contributed by atoms with Gasteiger partial charge >= 0.3 is 5.97 Å². The quantitative estimate of drug-likeness (QED) is 0.746. The van der Waals surface area contributed by atoms with E-state index in [-0.39, 0.29) is 23.8 Å². The van der Waals surface area contributed by atoms with Crippen molar-refractivity contribution in [3.8, 4) is 0 Å². The van der Waals surface area contributed by atoms with Crippen LogP contribution >= 0.6 is 0 Å². The maximum atomic E-state index is 12.1. The Labute approximate surface area is 160 Å². The van der Waals surface area contributed by atoms with Crippen molar-refractivity contribution in [3.05, 3.63) is 29.8 Å². The fourth-order valence-corrected chi connectivity index (χ4v) is 5.17. The average Bonchev–Trinajstić information content (AvgIpc) is 3.04. The Morgan fingerprint density at radius 3 is 2.41 bits per heavy atom. The first kappa shape index (κ1) is 19.7. The summed E-state index contributed by atoms with van der Waals surface area (Å²) in [6.07, 6.45) is 6.57. The molecule has 1 N–H and O–H groups in total. The van der Waals surface area contributed by atoms with E-state index in [4.69, 9.17) is 4.74 Å². The third-order valence-corrected chi connectivity index (χ3v) is 7.01. The minimum absolute atomic E-state index is 0.146. The van der Waals surface area contributed by atoms with Crippen LogP contribution in [0.3, 0.4) is 0 Å². The summed E-state index contributed by atoms with van der Waals surface area (Å²) in [7, 11) is -3.25. The van der Waals surface area contributed by atoms with E-state index in [0.717, 1.165) is 12.8 Å². The number of nitrogens with zero attached hydrogens (tertiary/aromatic N) is 1. The van der Waals surface area contributed by atoms with Crippen molar-refractivity contribution < 1.29 is 22.7 Å². The van der Waals surface area contributed by atoms with Crippen LogP contribution in [0, 0.1) is 5.92 Å². The van der Waals surface area contributed by atoms with Crippen LogP contribution in [-0.4, -0.2) is 45.7 Å². The van der Waals surface area contributed by atoms with Crippen molar-refractivity contribution in [1.82, 2.24) is 5.32 Å². The molecule has 0 aromatic heterocycles. The number of ether oxygens (including phenoxy) is 1. The molecule has 8 heteroatoms. The number of rotatable bonds is 6. The van der Waals surface area contributed by atoms with Crippen molar-refractivity contribution >= 4 is 27.6 Å². The summed E-state index contributed by atoms with van der Waals surface area (Å²) in [5.41, 5.74) is 0.824. The van der Waals surface area contributed by atoms with E-state index in [9.17, 15) is 18.0 Å². The summed E-state index contributed by atoms with van der Waals surface area (Å²) >= 11 is 0. The Hall–Kier alpha value is -2.09. The molecule has 3 rings (SSSR count). The minimum Gasteiger partial charge on any atom is -0.452 e. The summed E-state index contributed by atoms with van der Waals surface area (Å²) in [6.45, 7) is 0.774. The van der Waals surface area contributed by atoms with Gasteiger partial charge in [-0.3, -0.25) is 9.10 Å². The van der Waals surface area contributed by atoms with Gasteiger partial charge in [0.25, 0.3) is 5.91 Å². The van der Waals surface area contributed by atoms with Gasteiger partial charge in [0.05, 0.1) is 17.0 Å². The molecule has 1 saturated heterocycles. The lowest BCUT2D eigenvalue weighted by Gasteiger charge is -2.21. The SMILES string of the molecule is O=C(COC(=O)c1ccc(N2CCCS2(=O)=O)cc1)NCC1CCCCC1. The van der Waals surface area contributed by atoms with Gasteiger partial charge in [0.1, 0.15) is 0 Å². The van der Waals surface area contributed by atoms with Gasteiger partial charge in [-0.25, -0.2) is 13.2 Å². The van der Waals surface area contributed by atoms with E-state index in [0.29, 0.717) is 31.1 Å². The van der Waals surface area contributed by atoms with Gasteiger partial charge in [0, 0.05) is 13.1 Å². The molecule has 1 heterocycles. The van der Waals surface area contributed by atoms with E-state index in [1.54, 1.807) is 12.1 Å².